The van der Waals surface area contributed by atoms with Crippen LogP contribution in [0.4, 0.5) is 15.9 Å². The number of rotatable bonds is 7. The molecule has 6 aromatic rings. The Hall–Kier alpha value is -5.95. The van der Waals surface area contributed by atoms with Gasteiger partial charge in [0.15, 0.2) is 11.5 Å². The minimum atomic E-state index is -0.650. The largest absolute Gasteiger partial charge is 0.461 e. The molecular weight excluding hydrogens is 653 g/mol. The summed E-state index contributed by atoms with van der Waals surface area (Å²) in [5.41, 5.74) is 3.32. The van der Waals surface area contributed by atoms with E-state index in [1.165, 1.54) is 19.2 Å². The lowest BCUT2D eigenvalue weighted by Gasteiger charge is -2.26. The van der Waals surface area contributed by atoms with E-state index in [0.717, 1.165) is 10.2 Å². The van der Waals surface area contributed by atoms with E-state index in [2.05, 4.69) is 15.4 Å². The lowest BCUT2D eigenvalue weighted by molar-refractivity contribution is -0.142. The summed E-state index contributed by atoms with van der Waals surface area (Å²) in [5.74, 6) is -0.798. The number of nitrogens with zero attached hydrogens (tertiary/aromatic N) is 6. The number of hydrogen-bond donors (Lipinski definition) is 1. The van der Waals surface area contributed by atoms with Crippen LogP contribution in [0.3, 0.4) is 0 Å². The van der Waals surface area contributed by atoms with Crippen LogP contribution in [0.5, 0.6) is 0 Å². The fourth-order valence-electron chi connectivity index (χ4n) is 6.10. The van der Waals surface area contributed by atoms with Gasteiger partial charge in [0.1, 0.15) is 12.4 Å². The zero-order chi connectivity index (χ0) is 35.9. The summed E-state index contributed by atoms with van der Waals surface area (Å²) in [5, 5.41) is 8.06. The van der Waals surface area contributed by atoms with Gasteiger partial charge in [-0.15, -0.1) is 0 Å². The molecule has 0 aliphatic carbocycles. The maximum absolute atomic E-state index is 15.6. The van der Waals surface area contributed by atoms with Crippen LogP contribution in [-0.4, -0.2) is 67.2 Å². The van der Waals surface area contributed by atoms with Crippen molar-refractivity contribution >= 4 is 39.8 Å². The Morgan fingerprint density at radius 2 is 1.82 bits per heavy atom. The van der Waals surface area contributed by atoms with Gasteiger partial charge in [-0.2, -0.15) is 9.78 Å². The monoisotopic (exact) mass is 689 g/mol. The molecule has 1 saturated heterocycles. The van der Waals surface area contributed by atoms with Gasteiger partial charge in [0.05, 0.1) is 36.2 Å². The molecule has 0 radical (unpaired) electrons. The van der Waals surface area contributed by atoms with Gasteiger partial charge >= 0.3 is 5.97 Å². The molecule has 12 nitrogen and oxygen atoms in total. The molecule has 3 aromatic heterocycles. The number of esters is 1. The Kier molecular flexibility index (Phi) is 8.81. The first-order valence-corrected chi connectivity index (χ1v) is 16.5. The van der Waals surface area contributed by atoms with Gasteiger partial charge in [-0.05, 0) is 53.4 Å². The fraction of sp³-hybridized carbons (Fsp3) is 0.263. The van der Waals surface area contributed by atoms with Crippen LogP contribution in [0.25, 0.3) is 33.4 Å². The number of benzene rings is 3. The topological polar surface area (TPSA) is 133 Å². The Balaban J connectivity index is 1.29. The van der Waals surface area contributed by atoms with Gasteiger partial charge in [-0.3, -0.25) is 14.4 Å². The zero-order valence-corrected chi connectivity index (χ0v) is 28.6. The van der Waals surface area contributed by atoms with Gasteiger partial charge in [0.25, 0.3) is 11.5 Å². The maximum atomic E-state index is 15.6. The van der Waals surface area contributed by atoms with E-state index in [1.807, 2.05) is 20.8 Å². The number of carbonyl (C=O) groups excluding carboxylic acids is 2. The molecule has 1 aliphatic rings. The summed E-state index contributed by atoms with van der Waals surface area (Å²) in [6, 6.07) is 15.5. The average molecular weight is 690 g/mol. The van der Waals surface area contributed by atoms with Crippen molar-refractivity contribution in [1.82, 2.24) is 29.0 Å². The lowest BCUT2D eigenvalue weighted by atomic mass is 9.86. The highest BCUT2D eigenvalue weighted by molar-refractivity contribution is 5.94. The summed E-state index contributed by atoms with van der Waals surface area (Å²) in [7, 11) is 0. The van der Waals surface area contributed by atoms with E-state index in [4.69, 9.17) is 14.5 Å². The van der Waals surface area contributed by atoms with Crippen LogP contribution in [-0.2, 0) is 26.3 Å². The molecule has 260 valence electrons. The number of nitrogens with one attached hydrogen (secondary N) is 1. The Labute approximate surface area is 292 Å². The number of ether oxygens (including phenoxy) is 2. The molecule has 7 rings (SSSR count). The quantitative estimate of drug-likeness (QED) is 0.206. The minimum absolute atomic E-state index is 0.0572. The van der Waals surface area contributed by atoms with Crippen molar-refractivity contribution < 1.29 is 23.5 Å². The third kappa shape index (κ3) is 6.67. The second-order valence-corrected chi connectivity index (χ2v) is 13.4. The summed E-state index contributed by atoms with van der Waals surface area (Å²) in [6.07, 6.45) is 6.66. The minimum Gasteiger partial charge on any atom is -0.461 e. The van der Waals surface area contributed by atoms with Crippen LogP contribution < -0.4 is 10.9 Å². The van der Waals surface area contributed by atoms with Crippen molar-refractivity contribution in [2.24, 2.45) is 0 Å². The molecule has 0 spiro atoms. The van der Waals surface area contributed by atoms with Crippen LogP contribution in [0.2, 0.25) is 0 Å². The van der Waals surface area contributed by atoms with Crippen molar-refractivity contribution in [2.75, 3.05) is 31.6 Å². The second-order valence-electron chi connectivity index (χ2n) is 13.4. The van der Waals surface area contributed by atoms with Crippen LogP contribution in [0, 0.1) is 5.82 Å². The van der Waals surface area contributed by atoms with E-state index in [9.17, 15) is 14.4 Å². The molecular formula is C38H36FN7O5. The Bertz CT molecular complexity index is 2360. The molecule has 0 unspecified atom stereocenters. The molecule has 1 fully saturated rings. The van der Waals surface area contributed by atoms with Gasteiger partial charge in [-0.1, -0.05) is 32.9 Å². The summed E-state index contributed by atoms with van der Waals surface area (Å²) in [4.78, 5) is 50.1. The smallest absolute Gasteiger partial charge is 0.302 e. The van der Waals surface area contributed by atoms with Crippen LogP contribution >= 0.6 is 0 Å². The third-order valence-electron chi connectivity index (χ3n) is 8.85. The summed E-state index contributed by atoms with van der Waals surface area (Å²) in [6.45, 7) is 9.14. The van der Waals surface area contributed by atoms with Crippen molar-refractivity contribution in [2.45, 2.75) is 39.7 Å². The van der Waals surface area contributed by atoms with Gasteiger partial charge < -0.3 is 24.1 Å². The SMILES string of the molecule is CC(=O)OCc1c(-c2cn3ccnc3c(Nc3ccc(C(=O)N4CCOCC4)cc3)n2)cccc1-n1ncc2cc(C(C)(C)C)cc(F)c2c1=O. The highest BCUT2D eigenvalue weighted by atomic mass is 19.1. The predicted molar refractivity (Wildman–Crippen MR) is 190 cm³/mol. The van der Waals surface area contributed by atoms with Crippen LogP contribution in [0.1, 0.15) is 49.2 Å². The van der Waals surface area contributed by atoms with Crippen molar-refractivity contribution in [3.63, 3.8) is 0 Å². The number of hydrogen-bond acceptors (Lipinski definition) is 9. The van der Waals surface area contributed by atoms with E-state index in [1.54, 1.807) is 76.4 Å². The van der Waals surface area contributed by atoms with Gasteiger partial charge in [-0.25, -0.2) is 14.4 Å². The first kappa shape index (κ1) is 33.5. The maximum Gasteiger partial charge on any atom is 0.302 e. The van der Waals surface area contributed by atoms with Crippen molar-refractivity contribution in [1.29, 1.82) is 0 Å². The van der Waals surface area contributed by atoms with Gasteiger partial charge in [0, 0.05) is 66.4 Å². The van der Waals surface area contributed by atoms with Gasteiger partial charge in [0.2, 0.25) is 0 Å². The van der Waals surface area contributed by atoms with E-state index >= 15 is 4.39 Å². The average Bonchev–Trinajstić information content (AvgIpc) is 3.60. The molecule has 13 heteroatoms. The number of fused-ring (bicyclic) bond motifs is 2. The molecule has 1 N–H and O–H groups in total. The number of halogens is 1. The molecule has 0 bridgehead atoms. The molecule has 3 aromatic carbocycles. The molecule has 0 saturated carbocycles. The standard InChI is InChI=1S/C38H36FN7O5/c1-23(47)51-22-29-28(6-5-7-32(29)46-37(49)33-25(20-41-46)18-26(19-30(33)39)38(2,3)4)31-21-45-13-12-40-35(45)34(43-31)42-27-10-8-24(9-11-27)36(48)44-14-16-50-17-15-44/h5-13,18-21H,14-17,22H2,1-4H3,(H,42,43). The third-order valence-corrected chi connectivity index (χ3v) is 8.85. The number of anilines is 2. The normalized spacial score (nSPS) is 13.5. The molecule has 1 aliphatic heterocycles. The molecule has 0 atom stereocenters. The number of aromatic nitrogens is 5. The Morgan fingerprint density at radius 1 is 1.06 bits per heavy atom. The summed E-state index contributed by atoms with van der Waals surface area (Å²) < 4.78 is 29.3. The zero-order valence-electron chi connectivity index (χ0n) is 28.6. The Morgan fingerprint density at radius 3 is 2.55 bits per heavy atom. The van der Waals surface area contributed by atoms with E-state index < -0.39 is 17.3 Å². The van der Waals surface area contributed by atoms with E-state index in [0.29, 0.717) is 76.9 Å². The fourth-order valence-corrected chi connectivity index (χ4v) is 6.10. The number of amides is 1. The molecule has 1 amide bonds. The predicted octanol–water partition coefficient (Wildman–Crippen LogP) is 5.81. The lowest BCUT2D eigenvalue weighted by Crippen LogP contribution is -2.40. The summed E-state index contributed by atoms with van der Waals surface area (Å²) >= 11 is 0. The number of carbonyl (C=O) groups is 2. The molecule has 51 heavy (non-hydrogen) atoms. The number of morpholine rings is 1. The molecule has 4 heterocycles. The second kappa shape index (κ2) is 13.4. The van der Waals surface area contributed by atoms with Crippen molar-refractivity contribution in [3.8, 4) is 16.9 Å². The highest BCUT2D eigenvalue weighted by Gasteiger charge is 2.23. The van der Waals surface area contributed by atoms with Crippen molar-refractivity contribution in [3.05, 3.63) is 112 Å². The highest BCUT2D eigenvalue weighted by Crippen LogP contribution is 2.32. The van der Waals surface area contributed by atoms with Crippen LogP contribution in [0.15, 0.2) is 84.2 Å². The van der Waals surface area contributed by atoms with E-state index in [-0.39, 0.29) is 23.3 Å². The first-order chi connectivity index (χ1) is 24.5. The first-order valence-electron chi connectivity index (χ1n) is 16.5. The number of imidazole rings is 1.